The van der Waals surface area contributed by atoms with E-state index in [9.17, 15) is 4.79 Å². The number of carbonyl (C=O) groups excluding carboxylic acids is 1. The largest absolute Gasteiger partial charge is 0.275 e. The Morgan fingerprint density at radius 1 is 1.56 bits per heavy atom. The van der Waals surface area contributed by atoms with E-state index < -0.39 is 5.60 Å². The highest BCUT2D eigenvalue weighted by Gasteiger charge is 2.15. The van der Waals surface area contributed by atoms with Crippen molar-refractivity contribution in [3.05, 3.63) is 30.1 Å². The first-order chi connectivity index (χ1) is 8.51. The van der Waals surface area contributed by atoms with Crippen LogP contribution < -0.4 is 5.43 Å². The highest BCUT2D eigenvalue weighted by Crippen LogP contribution is 2.06. The summed E-state index contributed by atoms with van der Waals surface area (Å²) in [5.41, 5.74) is 3.13. The maximum absolute atomic E-state index is 10.7. The zero-order valence-corrected chi connectivity index (χ0v) is 10.8. The molecule has 0 bridgehead atoms. The van der Waals surface area contributed by atoms with Gasteiger partial charge in [-0.1, -0.05) is 11.8 Å². The molecule has 0 aromatic carbocycles. The van der Waals surface area contributed by atoms with E-state index in [0.717, 1.165) is 10.7 Å². The van der Waals surface area contributed by atoms with E-state index in [1.807, 2.05) is 32.9 Å². The average Bonchev–Trinajstić information content (AvgIpc) is 2.33. The molecule has 0 atom stereocenters. The fourth-order valence-electron chi connectivity index (χ4n) is 1.09. The molecule has 1 rings (SSSR count). The maximum atomic E-state index is 10.7. The number of nitrogens with one attached hydrogen (secondary N) is 1. The summed E-state index contributed by atoms with van der Waals surface area (Å²) in [4.78, 5) is 20.0. The molecular weight excluding hydrogens is 230 g/mol. The highest BCUT2D eigenvalue weighted by molar-refractivity contribution is 5.44. The monoisotopic (exact) mass is 247 g/mol. The van der Waals surface area contributed by atoms with Gasteiger partial charge in [-0.05, 0) is 32.9 Å². The lowest BCUT2D eigenvalue weighted by Gasteiger charge is -2.25. The first kappa shape index (κ1) is 14.2. The third kappa shape index (κ3) is 5.99. The molecule has 0 saturated heterocycles. The molecule has 96 valence electrons. The number of hydrogen-bond donors (Lipinski definition) is 1. The van der Waals surface area contributed by atoms with Crippen molar-refractivity contribution in [1.29, 1.82) is 0 Å². The van der Waals surface area contributed by atoms with E-state index in [2.05, 4.69) is 22.3 Å². The molecule has 0 saturated carbocycles. The van der Waals surface area contributed by atoms with Crippen molar-refractivity contribution in [2.45, 2.75) is 26.4 Å². The number of carbonyl (C=O) groups is 1. The van der Waals surface area contributed by atoms with Crippen LogP contribution in [0.25, 0.3) is 0 Å². The zero-order chi connectivity index (χ0) is 13.4. The van der Waals surface area contributed by atoms with Crippen molar-refractivity contribution < 1.29 is 9.63 Å². The molecule has 5 nitrogen and oxygen atoms in total. The topological polar surface area (TPSA) is 54.5 Å². The van der Waals surface area contributed by atoms with Crippen LogP contribution in [0.1, 0.15) is 26.3 Å². The Morgan fingerprint density at radius 2 is 2.33 bits per heavy atom. The molecule has 0 aliphatic rings. The van der Waals surface area contributed by atoms with Gasteiger partial charge < -0.3 is 0 Å². The number of rotatable bonds is 4. The van der Waals surface area contributed by atoms with Crippen LogP contribution in [0.2, 0.25) is 0 Å². The molecule has 0 unspecified atom stereocenters. The van der Waals surface area contributed by atoms with E-state index in [4.69, 9.17) is 4.84 Å². The lowest BCUT2D eigenvalue weighted by atomic mass is 10.2. The Labute approximate surface area is 107 Å². The minimum Gasteiger partial charge on any atom is -0.275 e. The molecule has 18 heavy (non-hydrogen) atoms. The van der Waals surface area contributed by atoms with Crippen LogP contribution in [0.5, 0.6) is 0 Å². The van der Waals surface area contributed by atoms with Crippen molar-refractivity contribution >= 4 is 6.41 Å². The maximum Gasteiger partial charge on any atom is 0.249 e. The molecule has 1 aromatic rings. The minimum atomic E-state index is -0.440. The van der Waals surface area contributed by atoms with Crippen molar-refractivity contribution in [2.24, 2.45) is 0 Å². The summed E-state index contributed by atoms with van der Waals surface area (Å²) in [7, 11) is 0. The van der Waals surface area contributed by atoms with Crippen LogP contribution in [0, 0.1) is 11.8 Å². The van der Waals surface area contributed by atoms with Gasteiger partial charge in [0.2, 0.25) is 6.41 Å². The second-order valence-corrected chi connectivity index (χ2v) is 4.51. The molecule has 0 fully saturated rings. The number of hydrogen-bond acceptors (Lipinski definition) is 4. The number of pyridine rings is 1. The predicted octanol–water partition coefficient (Wildman–Crippen LogP) is 1.13. The van der Waals surface area contributed by atoms with Gasteiger partial charge in [0.15, 0.2) is 0 Å². The summed E-state index contributed by atoms with van der Waals surface area (Å²) in [6.45, 7) is 5.87. The van der Waals surface area contributed by atoms with Crippen molar-refractivity contribution in [3.8, 4) is 11.8 Å². The van der Waals surface area contributed by atoms with Gasteiger partial charge in [-0.25, -0.2) is 4.84 Å². The van der Waals surface area contributed by atoms with E-state index >= 15 is 0 Å². The number of nitrogens with zero attached hydrogens (tertiary/aromatic N) is 2. The Morgan fingerprint density at radius 3 is 2.89 bits per heavy atom. The molecule has 0 aliphatic carbocycles. The van der Waals surface area contributed by atoms with Crippen LogP contribution in [0.15, 0.2) is 24.5 Å². The van der Waals surface area contributed by atoms with Crippen LogP contribution >= 0.6 is 0 Å². The average molecular weight is 247 g/mol. The van der Waals surface area contributed by atoms with Gasteiger partial charge in [-0.3, -0.25) is 9.78 Å². The Bertz CT molecular complexity index is 429. The smallest absolute Gasteiger partial charge is 0.249 e. The van der Waals surface area contributed by atoms with Gasteiger partial charge in [0.25, 0.3) is 0 Å². The zero-order valence-electron chi connectivity index (χ0n) is 10.8. The van der Waals surface area contributed by atoms with Crippen molar-refractivity contribution in [1.82, 2.24) is 15.6 Å². The third-order valence-corrected chi connectivity index (χ3v) is 1.69. The van der Waals surface area contributed by atoms with Gasteiger partial charge in [0, 0.05) is 18.0 Å². The van der Waals surface area contributed by atoms with Crippen molar-refractivity contribution in [2.75, 3.05) is 6.54 Å². The summed E-state index contributed by atoms with van der Waals surface area (Å²) < 4.78 is 0. The number of hydroxylamine groups is 1. The molecule has 5 heteroatoms. The summed E-state index contributed by atoms with van der Waals surface area (Å²) >= 11 is 0. The summed E-state index contributed by atoms with van der Waals surface area (Å²) in [6, 6.07) is 3.68. The molecule has 1 heterocycles. The number of hydrazine groups is 1. The van der Waals surface area contributed by atoms with E-state index in [1.165, 1.54) is 0 Å². The molecule has 0 spiro atoms. The lowest BCUT2D eigenvalue weighted by Crippen LogP contribution is -2.42. The van der Waals surface area contributed by atoms with Crippen LogP contribution in [-0.4, -0.2) is 28.7 Å². The lowest BCUT2D eigenvalue weighted by molar-refractivity contribution is -0.236. The summed E-state index contributed by atoms with van der Waals surface area (Å²) in [5.74, 6) is 5.78. The van der Waals surface area contributed by atoms with Crippen LogP contribution in [0.4, 0.5) is 0 Å². The van der Waals surface area contributed by atoms with Gasteiger partial charge in [0.1, 0.15) is 0 Å². The molecule has 0 aliphatic heterocycles. The van der Waals surface area contributed by atoms with Gasteiger partial charge in [0.05, 0.1) is 12.1 Å². The first-order valence-corrected chi connectivity index (χ1v) is 5.57. The molecule has 0 radical (unpaired) electrons. The third-order valence-electron chi connectivity index (χ3n) is 1.69. The number of amides is 1. The van der Waals surface area contributed by atoms with Gasteiger partial charge >= 0.3 is 0 Å². The highest BCUT2D eigenvalue weighted by atomic mass is 16.7. The SMILES string of the molecule is CC(C)(C)ON(C=O)NCC#Cc1cccnc1. The second-order valence-electron chi connectivity index (χ2n) is 4.51. The molecular formula is C13H17N3O2. The summed E-state index contributed by atoms with van der Waals surface area (Å²) in [6.07, 6.45) is 3.93. The van der Waals surface area contributed by atoms with E-state index in [1.54, 1.807) is 12.4 Å². The number of aromatic nitrogens is 1. The van der Waals surface area contributed by atoms with Crippen molar-refractivity contribution in [3.63, 3.8) is 0 Å². The van der Waals surface area contributed by atoms with E-state index in [0.29, 0.717) is 13.0 Å². The minimum absolute atomic E-state index is 0.309. The fourth-order valence-corrected chi connectivity index (χ4v) is 1.09. The molecule has 1 amide bonds. The normalized spacial score (nSPS) is 10.4. The van der Waals surface area contributed by atoms with Gasteiger partial charge in [-0.2, -0.15) is 5.43 Å². The standard InChI is InChI=1S/C13H17N3O2/c1-13(2,3)18-16(11-17)15-9-5-7-12-6-4-8-14-10-12/h4,6,8,10-11,15H,9H2,1-3H3. The van der Waals surface area contributed by atoms with Crippen LogP contribution in [0.3, 0.4) is 0 Å². The fraction of sp³-hybridized carbons (Fsp3) is 0.385. The molecule has 1 aromatic heterocycles. The molecule has 1 N–H and O–H groups in total. The van der Waals surface area contributed by atoms with Crippen LogP contribution in [-0.2, 0) is 9.63 Å². The Balaban J connectivity index is 2.41. The quantitative estimate of drug-likeness (QED) is 0.492. The Kier molecular flexibility index (Phi) is 5.31. The Hall–Kier alpha value is -1.90. The van der Waals surface area contributed by atoms with Gasteiger partial charge in [-0.15, -0.1) is 5.17 Å². The van der Waals surface area contributed by atoms with E-state index in [-0.39, 0.29) is 0 Å². The first-order valence-electron chi connectivity index (χ1n) is 5.57. The second kappa shape index (κ2) is 6.74. The predicted molar refractivity (Wildman–Crippen MR) is 67.9 cm³/mol. The summed E-state index contributed by atoms with van der Waals surface area (Å²) in [5, 5.41) is 1.03.